The maximum atomic E-state index is 9.44. The minimum atomic E-state index is 0.167. The normalized spacial score (nSPS) is 5.80. The van der Waals surface area contributed by atoms with Crippen molar-refractivity contribution in [1.82, 2.24) is 0 Å². The lowest BCUT2D eigenvalue weighted by Crippen LogP contribution is -1.69. The molecule has 0 fully saturated rings. The second-order valence-corrected chi connectivity index (χ2v) is 1.82. The molecule has 0 aliphatic heterocycles. The third-order valence-electron chi connectivity index (χ3n) is 0. The Labute approximate surface area is 62.6 Å². The number of hydrogen-bond acceptors (Lipinski definition) is 3. The molecular formula is C7H17NO2. The van der Waals surface area contributed by atoms with Gasteiger partial charge in [-0.3, -0.25) is 0 Å². The summed E-state index contributed by atoms with van der Waals surface area (Å²) in [5.74, 6) is 0.333. The van der Waals surface area contributed by atoms with Gasteiger partial charge >= 0.3 is 0 Å². The molecule has 0 bridgehead atoms. The first-order chi connectivity index (χ1) is 4.46. The van der Waals surface area contributed by atoms with Crippen LogP contribution in [0.5, 0.6) is 0 Å². The van der Waals surface area contributed by atoms with E-state index in [0.29, 0.717) is 0 Å². The van der Waals surface area contributed by atoms with Gasteiger partial charge < -0.3 is 15.3 Å². The largest absolute Gasteiger partial charge is 0.333 e. The molecule has 0 atom stereocenters. The molecule has 0 saturated carbocycles. The highest BCUT2D eigenvalue weighted by molar-refractivity contribution is 5.72. The average molecular weight is 147 g/mol. The van der Waals surface area contributed by atoms with E-state index in [1.165, 1.54) is 34.7 Å². The van der Waals surface area contributed by atoms with Crippen molar-refractivity contribution >= 4 is 11.6 Å². The molecule has 0 unspecified atom stereocenters. The molecule has 0 aromatic carbocycles. The summed E-state index contributed by atoms with van der Waals surface area (Å²) < 4.78 is 0. The second kappa shape index (κ2) is 15.7. The van der Waals surface area contributed by atoms with Crippen LogP contribution < -0.4 is 5.73 Å². The van der Waals surface area contributed by atoms with Gasteiger partial charge in [0.15, 0.2) is 0 Å². The van der Waals surface area contributed by atoms with Crippen molar-refractivity contribution in [2.75, 3.05) is 7.05 Å². The zero-order valence-electron chi connectivity index (χ0n) is 7.39. The number of carbonyl (C=O) groups excluding carboxylic acids is 2. The van der Waals surface area contributed by atoms with Crippen LogP contribution in [0.15, 0.2) is 0 Å². The Morgan fingerprint density at radius 1 is 0.800 bits per heavy atom. The molecule has 0 saturated heterocycles. The molecule has 3 heteroatoms. The van der Waals surface area contributed by atoms with E-state index in [1.807, 2.05) is 0 Å². The molecule has 0 amide bonds. The predicted octanol–water partition coefficient (Wildman–Crippen LogP) is 0.766. The first kappa shape index (κ1) is 16.1. The summed E-state index contributed by atoms with van der Waals surface area (Å²) in [4.78, 5) is 18.9. The lowest BCUT2D eigenvalue weighted by molar-refractivity contribution is -0.115. The number of carbonyl (C=O) groups is 2. The van der Waals surface area contributed by atoms with E-state index < -0.39 is 0 Å². The van der Waals surface area contributed by atoms with Gasteiger partial charge in [-0.2, -0.15) is 0 Å². The van der Waals surface area contributed by atoms with Gasteiger partial charge in [0.2, 0.25) is 0 Å². The number of ketones is 2. The zero-order chi connectivity index (χ0) is 9.15. The van der Waals surface area contributed by atoms with Crippen LogP contribution in [0.2, 0.25) is 0 Å². The van der Waals surface area contributed by atoms with Gasteiger partial charge in [0.1, 0.15) is 11.6 Å². The quantitative estimate of drug-likeness (QED) is 0.550. The monoisotopic (exact) mass is 147 g/mol. The van der Waals surface area contributed by atoms with Crippen molar-refractivity contribution < 1.29 is 9.59 Å². The van der Waals surface area contributed by atoms with Crippen LogP contribution in [-0.4, -0.2) is 18.6 Å². The van der Waals surface area contributed by atoms with Crippen molar-refractivity contribution in [3.63, 3.8) is 0 Å². The van der Waals surface area contributed by atoms with Gasteiger partial charge in [0, 0.05) is 0 Å². The Balaban J connectivity index is -0.0000000787. The minimum Gasteiger partial charge on any atom is -0.333 e. The highest BCUT2D eigenvalue weighted by Gasteiger charge is 1.62. The summed E-state index contributed by atoms with van der Waals surface area (Å²) in [6.45, 7) is 6.11. The zero-order valence-corrected chi connectivity index (χ0v) is 7.39. The smallest absolute Gasteiger partial charge is 0.126 e. The van der Waals surface area contributed by atoms with E-state index >= 15 is 0 Å². The van der Waals surface area contributed by atoms with E-state index in [2.05, 4.69) is 5.73 Å². The first-order valence-corrected chi connectivity index (χ1v) is 2.99. The van der Waals surface area contributed by atoms with Gasteiger partial charge in [-0.1, -0.05) is 0 Å². The summed E-state index contributed by atoms with van der Waals surface area (Å²) in [7, 11) is 1.50. The maximum Gasteiger partial charge on any atom is 0.126 e. The lowest BCUT2D eigenvalue weighted by Gasteiger charge is -1.56. The van der Waals surface area contributed by atoms with Crippen molar-refractivity contribution in [3.05, 3.63) is 0 Å². The molecule has 0 radical (unpaired) electrons. The molecule has 0 spiro atoms. The van der Waals surface area contributed by atoms with E-state index in [-0.39, 0.29) is 11.6 Å². The van der Waals surface area contributed by atoms with Crippen molar-refractivity contribution in [2.45, 2.75) is 27.7 Å². The van der Waals surface area contributed by atoms with E-state index in [1.54, 1.807) is 0 Å². The highest BCUT2D eigenvalue weighted by Crippen LogP contribution is 1.50. The summed E-state index contributed by atoms with van der Waals surface area (Å²) in [5.41, 5.74) is 4.50. The molecule has 62 valence electrons. The van der Waals surface area contributed by atoms with Crippen LogP contribution in [0.1, 0.15) is 27.7 Å². The van der Waals surface area contributed by atoms with Crippen molar-refractivity contribution in [3.8, 4) is 0 Å². The molecule has 0 heterocycles. The average Bonchev–Trinajstić information content (AvgIpc) is 1.66. The Bertz CT molecular complexity index is 69.6. The fourth-order valence-electron chi connectivity index (χ4n) is 0. The molecule has 0 aromatic rings. The van der Waals surface area contributed by atoms with E-state index in [0.717, 1.165) is 0 Å². The molecule has 3 nitrogen and oxygen atoms in total. The van der Waals surface area contributed by atoms with Crippen LogP contribution in [0.3, 0.4) is 0 Å². The molecule has 10 heavy (non-hydrogen) atoms. The summed E-state index contributed by atoms with van der Waals surface area (Å²) >= 11 is 0. The molecule has 2 N–H and O–H groups in total. The van der Waals surface area contributed by atoms with Crippen LogP contribution in [-0.2, 0) is 9.59 Å². The fraction of sp³-hybridized carbons (Fsp3) is 0.714. The summed E-state index contributed by atoms with van der Waals surface area (Å²) in [6, 6.07) is 0. The molecular weight excluding hydrogens is 130 g/mol. The lowest BCUT2D eigenvalue weighted by atomic mass is 10.6. The summed E-state index contributed by atoms with van der Waals surface area (Å²) in [6.07, 6.45) is 0. The van der Waals surface area contributed by atoms with Gasteiger partial charge in [0.25, 0.3) is 0 Å². The van der Waals surface area contributed by atoms with E-state index in [4.69, 9.17) is 0 Å². The second-order valence-electron chi connectivity index (χ2n) is 1.82. The van der Waals surface area contributed by atoms with Gasteiger partial charge in [-0.05, 0) is 34.7 Å². The number of hydrogen-bond donors (Lipinski definition) is 1. The Kier molecular flexibility index (Phi) is 25.4. The van der Waals surface area contributed by atoms with Crippen molar-refractivity contribution in [2.24, 2.45) is 5.73 Å². The summed E-state index contributed by atoms with van der Waals surface area (Å²) in [5, 5.41) is 0. The third-order valence-corrected chi connectivity index (χ3v) is 0. The third kappa shape index (κ3) is 591. The molecule has 0 aromatic heterocycles. The standard InChI is InChI=1S/2C3H6O.CH5N/c2*1-3(2)4;1-2/h2*1-2H3;2H2,1H3. The van der Waals surface area contributed by atoms with Crippen LogP contribution >= 0.6 is 0 Å². The first-order valence-electron chi connectivity index (χ1n) is 2.99. The van der Waals surface area contributed by atoms with Gasteiger partial charge in [-0.25, -0.2) is 0 Å². The topological polar surface area (TPSA) is 60.2 Å². The van der Waals surface area contributed by atoms with Crippen LogP contribution in [0.25, 0.3) is 0 Å². The van der Waals surface area contributed by atoms with Gasteiger partial charge in [-0.15, -0.1) is 0 Å². The molecule has 0 aliphatic rings. The number of nitrogens with two attached hydrogens (primary N) is 1. The van der Waals surface area contributed by atoms with Crippen LogP contribution in [0, 0.1) is 0 Å². The predicted molar refractivity (Wildman–Crippen MR) is 42.8 cm³/mol. The van der Waals surface area contributed by atoms with E-state index in [9.17, 15) is 9.59 Å². The molecule has 0 aliphatic carbocycles. The highest BCUT2D eigenvalue weighted by atomic mass is 16.1. The number of rotatable bonds is 0. The Morgan fingerprint density at radius 3 is 0.800 bits per heavy atom. The van der Waals surface area contributed by atoms with Crippen molar-refractivity contribution in [1.29, 1.82) is 0 Å². The maximum absolute atomic E-state index is 9.44. The van der Waals surface area contributed by atoms with Gasteiger partial charge in [0.05, 0.1) is 0 Å². The fourth-order valence-corrected chi connectivity index (χ4v) is 0. The molecule has 0 rings (SSSR count). The minimum absolute atomic E-state index is 0.167. The Hall–Kier alpha value is -0.700. The number of Topliss-reactive ketones (excluding diaryl/α,β-unsaturated/α-hetero) is 2. The Morgan fingerprint density at radius 2 is 0.800 bits per heavy atom. The van der Waals surface area contributed by atoms with Crippen LogP contribution in [0.4, 0.5) is 0 Å². The SMILES string of the molecule is CC(C)=O.CC(C)=O.CN.